The molecule has 0 amide bonds. The van der Waals surface area contributed by atoms with Crippen molar-refractivity contribution in [3.05, 3.63) is 36.0 Å². The lowest BCUT2D eigenvalue weighted by Crippen LogP contribution is -2.30. The highest BCUT2D eigenvalue weighted by atomic mass is 16.5. The highest BCUT2D eigenvalue weighted by Crippen LogP contribution is 2.17. The molecule has 0 atom stereocenters. The van der Waals surface area contributed by atoms with E-state index in [4.69, 9.17) is 14.0 Å². The third-order valence-electron chi connectivity index (χ3n) is 3.37. The Labute approximate surface area is 154 Å². The molecule has 0 radical (unpaired) electrons. The Morgan fingerprint density at radius 2 is 2.19 bits per heavy atom. The Bertz CT molecular complexity index is 687. The Hall–Kier alpha value is -2.61. The molecule has 0 saturated heterocycles. The molecule has 1 aromatic heterocycles. The van der Waals surface area contributed by atoms with Gasteiger partial charge in [-0.1, -0.05) is 11.2 Å². The zero-order valence-corrected chi connectivity index (χ0v) is 15.6. The molecule has 1 heterocycles. The van der Waals surface area contributed by atoms with E-state index in [2.05, 4.69) is 25.8 Å². The molecule has 142 valence electrons. The molecule has 0 aliphatic heterocycles. The lowest BCUT2D eigenvalue weighted by atomic mass is 10.3. The summed E-state index contributed by atoms with van der Waals surface area (Å²) in [6.07, 6.45) is 1.45. The fourth-order valence-corrected chi connectivity index (χ4v) is 2.21. The number of nitrogens with one attached hydrogen (secondary N) is 2. The van der Waals surface area contributed by atoms with Crippen molar-refractivity contribution in [2.75, 3.05) is 38.7 Å². The van der Waals surface area contributed by atoms with Crippen LogP contribution in [0.3, 0.4) is 0 Å². The molecule has 2 N–H and O–H groups in total. The highest BCUT2D eigenvalue weighted by Gasteiger charge is 2.04. The van der Waals surface area contributed by atoms with Crippen LogP contribution in [0.5, 0.6) is 5.75 Å². The van der Waals surface area contributed by atoms with Gasteiger partial charge in [0, 0.05) is 44.9 Å². The number of aliphatic imine (C=N–C) groups is 1. The first kappa shape index (κ1) is 19.7. The molecule has 0 unspecified atom stereocenters. The van der Waals surface area contributed by atoms with Crippen LogP contribution in [0.4, 0.5) is 5.69 Å². The van der Waals surface area contributed by atoms with E-state index in [-0.39, 0.29) is 0 Å². The summed E-state index contributed by atoms with van der Waals surface area (Å²) in [5.41, 5.74) is 0.905. The van der Waals surface area contributed by atoms with E-state index in [9.17, 15) is 0 Å². The minimum absolute atomic E-state index is 0.546. The Morgan fingerprint density at radius 3 is 2.92 bits per heavy atom. The van der Waals surface area contributed by atoms with Crippen molar-refractivity contribution in [1.29, 1.82) is 0 Å². The fraction of sp³-hybridized carbons (Fsp3) is 0.500. The molecule has 8 heteroatoms. The average Bonchev–Trinajstić information content (AvgIpc) is 3.04. The van der Waals surface area contributed by atoms with Gasteiger partial charge in [-0.3, -0.25) is 4.99 Å². The first-order valence-corrected chi connectivity index (χ1v) is 8.77. The van der Waals surface area contributed by atoms with Gasteiger partial charge in [0.15, 0.2) is 11.8 Å². The number of nitrogens with zero attached hydrogens (tertiary/aromatic N) is 3. The maximum absolute atomic E-state index is 5.72. The van der Waals surface area contributed by atoms with E-state index < -0.39 is 0 Å². The standard InChI is InChI=1S/C18H27N5O3/c1-4-19-18(20-10-9-17-21-14(2)23-26-17)22-15-7-5-8-16(13-15)25-12-6-11-24-3/h5,7-8,13H,4,6,9-12H2,1-3H3,(H2,19,20,22). The number of anilines is 1. The molecule has 1 aromatic carbocycles. The normalized spacial score (nSPS) is 11.4. The van der Waals surface area contributed by atoms with Crippen LogP contribution in [0.2, 0.25) is 0 Å². The van der Waals surface area contributed by atoms with Crippen molar-refractivity contribution < 1.29 is 14.0 Å². The lowest BCUT2D eigenvalue weighted by Gasteiger charge is -2.12. The molecule has 0 spiro atoms. The first-order valence-electron chi connectivity index (χ1n) is 8.77. The minimum Gasteiger partial charge on any atom is -0.493 e. The van der Waals surface area contributed by atoms with Crippen molar-refractivity contribution in [2.45, 2.75) is 26.7 Å². The van der Waals surface area contributed by atoms with Gasteiger partial charge in [0.25, 0.3) is 0 Å². The van der Waals surface area contributed by atoms with E-state index in [1.165, 1.54) is 0 Å². The Balaban J connectivity index is 1.90. The molecule has 0 fully saturated rings. The van der Waals surface area contributed by atoms with Crippen LogP contribution in [0.15, 0.2) is 33.8 Å². The fourth-order valence-electron chi connectivity index (χ4n) is 2.21. The second-order valence-electron chi connectivity index (χ2n) is 5.59. The van der Waals surface area contributed by atoms with Gasteiger partial charge >= 0.3 is 0 Å². The van der Waals surface area contributed by atoms with E-state index >= 15 is 0 Å². The van der Waals surface area contributed by atoms with Gasteiger partial charge in [-0.25, -0.2) is 0 Å². The third kappa shape index (κ3) is 7.10. The molecule has 0 aliphatic carbocycles. The maximum atomic E-state index is 5.72. The molecule has 0 aliphatic rings. The van der Waals surface area contributed by atoms with E-state index in [0.717, 1.165) is 24.4 Å². The number of guanidine groups is 1. The quantitative estimate of drug-likeness (QED) is 0.381. The third-order valence-corrected chi connectivity index (χ3v) is 3.37. The van der Waals surface area contributed by atoms with E-state index in [1.807, 2.05) is 31.2 Å². The number of methoxy groups -OCH3 is 1. The number of aromatic nitrogens is 2. The van der Waals surface area contributed by atoms with Crippen LogP contribution in [0.25, 0.3) is 0 Å². The summed E-state index contributed by atoms with van der Waals surface area (Å²) in [6, 6.07) is 7.79. The van der Waals surface area contributed by atoms with E-state index in [1.54, 1.807) is 14.0 Å². The summed E-state index contributed by atoms with van der Waals surface area (Å²) in [6.45, 7) is 6.44. The SMILES string of the molecule is CCNC(=NCCc1nc(C)no1)Nc1cccc(OCCCOC)c1. The van der Waals surface area contributed by atoms with Crippen LogP contribution in [0, 0.1) is 6.92 Å². The predicted octanol–water partition coefficient (Wildman–Crippen LogP) is 2.41. The second-order valence-corrected chi connectivity index (χ2v) is 5.59. The number of rotatable bonds is 10. The Morgan fingerprint density at radius 1 is 1.31 bits per heavy atom. The molecular weight excluding hydrogens is 334 g/mol. The van der Waals surface area contributed by atoms with Gasteiger partial charge in [-0.15, -0.1) is 0 Å². The smallest absolute Gasteiger partial charge is 0.228 e. The molecule has 8 nitrogen and oxygen atoms in total. The van der Waals surface area contributed by atoms with Gasteiger partial charge in [0.1, 0.15) is 5.75 Å². The van der Waals surface area contributed by atoms with E-state index in [0.29, 0.717) is 43.9 Å². The molecule has 26 heavy (non-hydrogen) atoms. The molecular formula is C18H27N5O3. The van der Waals surface area contributed by atoms with Gasteiger partial charge in [-0.2, -0.15) is 4.98 Å². The summed E-state index contributed by atoms with van der Waals surface area (Å²) in [4.78, 5) is 8.72. The van der Waals surface area contributed by atoms with Crippen molar-refractivity contribution in [3.63, 3.8) is 0 Å². The number of benzene rings is 1. The summed E-state index contributed by atoms with van der Waals surface area (Å²) in [7, 11) is 1.69. The largest absolute Gasteiger partial charge is 0.493 e. The topological polar surface area (TPSA) is 93.8 Å². The van der Waals surface area contributed by atoms with Crippen molar-refractivity contribution >= 4 is 11.6 Å². The van der Waals surface area contributed by atoms with Crippen LogP contribution in [-0.4, -0.2) is 49.5 Å². The van der Waals surface area contributed by atoms with Gasteiger partial charge in [-0.05, 0) is 26.0 Å². The lowest BCUT2D eigenvalue weighted by molar-refractivity contribution is 0.172. The van der Waals surface area contributed by atoms with Crippen LogP contribution < -0.4 is 15.4 Å². The minimum atomic E-state index is 0.546. The Kier molecular flexibility index (Phi) is 8.41. The summed E-state index contributed by atoms with van der Waals surface area (Å²) < 4.78 is 15.8. The maximum Gasteiger partial charge on any atom is 0.228 e. The van der Waals surface area contributed by atoms with Crippen molar-refractivity contribution in [3.8, 4) is 5.75 Å². The second kappa shape index (κ2) is 11.1. The van der Waals surface area contributed by atoms with Crippen LogP contribution in [-0.2, 0) is 11.2 Å². The van der Waals surface area contributed by atoms with Gasteiger partial charge < -0.3 is 24.6 Å². The highest BCUT2D eigenvalue weighted by molar-refractivity contribution is 5.93. The molecule has 0 saturated carbocycles. The van der Waals surface area contributed by atoms with Gasteiger partial charge in [0.05, 0.1) is 13.2 Å². The first-order chi connectivity index (χ1) is 12.7. The zero-order valence-electron chi connectivity index (χ0n) is 15.6. The summed E-state index contributed by atoms with van der Waals surface area (Å²) >= 11 is 0. The van der Waals surface area contributed by atoms with Crippen molar-refractivity contribution in [1.82, 2.24) is 15.5 Å². The number of aryl methyl sites for hydroxylation is 1. The summed E-state index contributed by atoms with van der Waals surface area (Å²) in [5.74, 6) is 2.73. The zero-order chi connectivity index (χ0) is 18.6. The van der Waals surface area contributed by atoms with Crippen LogP contribution in [0.1, 0.15) is 25.1 Å². The monoisotopic (exact) mass is 361 g/mol. The number of hydrogen-bond acceptors (Lipinski definition) is 6. The van der Waals surface area contributed by atoms with Crippen LogP contribution >= 0.6 is 0 Å². The molecule has 0 bridgehead atoms. The predicted molar refractivity (Wildman–Crippen MR) is 101 cm³/mol. The number of hydrogen-bond donors (Lipinski definition) is 2. The molecule has 2 aromatic rings. The van der Waals surface area contributed by atoms with Crippen molar-refractivity contribution in [2.24, 2.45) is 4.99 Å². The number of ether oxygens (including phenoxy) is 2. The summed E-state index contributed by atoms with van der Waals surface area (Å²) in [5, 5.41) is 10.3. The average molecular weight is 361 g/mol. The molecule has 2 rings (SSSR count). The van der Waals surface area contributed by atoms with Gasteiger partial charge in [0.2, 0.25) is 5.89 Å².